The second-order valence-corrected chi connectivity index (χ2v) is 7.04. The van der Waals surface area contributed by atoms with Crippen LogP contribution < -0.4 is 10.6 Å². The van der Waals surface area contributed by atoms with Crippen LogP contribution in [0.3, 0.4) is 0 Å². The molecule has 0 radical (unpaired) electrons. The van der Waals surface area contributed by atoms with Gasteiger partial charge >= 0.3 is 6.18 Å². The van der Waals surface area contributed by atoms with Crippen LogP contribution in [-0.4, -0.2) is 63.8 Å². The summed E-state index contributed by atoms with van der Waals surface area (Å²) in [6.45, 7) is 4.86. The summed E-state index contributed by atoms with van der Waals surface area (Å²) >= 11 is 0. The lowest BCUT2D eigenvalue weighted by Gasteiger charge is -2.19. The molecule has 3 rings (SSSR count). The number of halogens is 4. The highest BCUT2D eigenvalue weighted by Crippen LogP contribution is 2.20. The van der Waals surface area contributed by atoms with E-state index in [0.29, 0.717) is 38.6 Å². The Morgan fingerprint density at radius 1 is 1.30 bits per heavy atom. The Kier molecular flexibility index (Phi) is 8.89. The molecule has 1 unspecified atom stereocenters. The number of pyridine rings is 1. The molecule has 2 N–H and O–H groups in total. The number of aromatic nitrogens is 3. The van der Waals surface area contributed by atoms with Gasteiger partial charge in [0.15, 0.2) is 5.96 Å². The third-order valence-corrected chi connectivity index (χ3v) is 4.66. The number of nitrogens with zero attached hydrogens (tertiary/aromatic N) is 5. The summed E-state index contributed by atoms with van der Waals surface area (Å²) in [7, 11) is 0. The maximum absolute atomic E-state index is 12.6. The first-order chi connectivity index (χ1) is 13.8. The molecule has 1 saturated heterocycles. The molecule has 11 heteroatoms. The fourth-order valence-electron chi connectivity index (χ4n) is 3.30. The average Bonchev–Trinajstić information content (AvgIpc) is 3.28. The number of aliphatic imine (C=N–C) groups is 1. The third kappa shape index (κ3) is 7.11. The second kappa shape index (κ2) is 10.9. The van der Waals surface area contributed by atoms with Gasteiger partial charge in [0.05, 0.1) is 13.1 Å². The van der Waals surface area contributed by atoms with E-state index < -0.39 is 12.7 Å². The molecule has 2 aromatic heterocycles. The molecule has 0 aliphatic carbocycles. The number of likely N-dealkylation sites (tertiary alicyclic amines) is 1. The van der Waals surface area contributed by atoms with Gasteiger partial charge in [0.1, 0.15) is 11.6 Å². The maximum atomic E-state index is 12.6. The Labute approximate surface area is 191 Å². The van der Waals surface area contributed by atoms with Crippen LogP contribution in [0.15, 0.2) is 35.7 Å². The van der Waals surface area contributed by atoms with Crippen molar-refractivity contribution in [1.82, 2.24) is 30.1 Å². The number of alkyl halides is 3. The molecule has 1 atom stereocenters. The number of nitrogens with one attached hydrogen (secondary N) is 2. The number of hydrogen-bond donors (Lipinski definition) is 2. The van der Waals surface area contributed by atoms with Crippen LogP contribution in [0.25, 0.3) is 5.82 Å². The second-order valence-electron chi connectivity index (χ2n) is 7.04. The number of aryl methyl sites for hydroxylation is 1. The smallest absolute Gasteiger partial charge is 0.357 e. The minimum Gasteiger partial charge on any atom is -0.357 e. The van der Waals surface area contributed by atoms with Crippen LogP contribution in [-0.2, 0) is 6.54 Å². The van der Waals surface area contributed by atoms with E-state index >= 15 is 0 Å². The highest BCUT2D eigenvalue weighted by molar-refractivity contribution is 14.0. The predicted molar refractivity (Wildman–Crippen MR) is 120 cm³/mol. The van der Waals surface area contributed by atoms with E-state index in [1.54, 1.807) is 12.4 Å². The van der Waals surface area contributed by atoms with Crippen LogP contribution in [0.1, 0.15) is 24.7 Å². The molecule has 0 saturated carbocycles. The van der Waals surface area contributed by atoms with E-state index in [-0.39, 0.29) is 30.0 Å². The van der Waals surface area contributed by atoms with Crippen molar-refractivity contribution in [3.63, 3.8) is 0 Å². The van der Waals surface area contributed by atoms with Crippen LogP contribution >= 0.6 is 24.0 Å². The summed E-state index contributed by atoms with van der Waals surface area (Å²) < 4.78 is 39.6. The van der Waals surface area contributed by atoms with Crippen molar-refractivity contribution < 1.29 is 13.2 Å². The van der Waals surface area contributed by atoms with Crippen LogP contribution in [0, 0.1) is 6.92 Å². The fraction of sp³-hybridized carbons (Fsp3) is 0.526. The van der Waals surface area contributed by atoms with Crippen LogP contribution in [0.5, 0.6) is 0 Å². The van der Waals surface area contributed by atoms with E-state index in [1.807, 2.05) is 36.7 Å². The fourth-order valence-corrected chi connectivity index (χ4v) is 3.30. The predicted octanol–water partition coefficient (Wildman–Crippen LogP) is 2.89. The molecular weight excluding hydrogens is 510 g/mol. The molecule has 2 aromatic rings. The van der Waals surface area contributed by atoms with Crippen LogP contribution in [0.2, 0.25) is 0 Å². The Hall–Kier alpha value is -1.89. The quantitative estimate of drug-likeness (QED) is 0.337. The first-order valence-corrected chi connectivity index (χ1v) is 9.63. The van der Waals surface area contributed by atoms with Gasteiger partial charge in [-0.25, -0.2) is 15.0 Å². The van der Waals surface area contributed by atoms with Crippen LogP contribution in [0.4, 0.5) is 13.2 Å². The van der Waals surface area contributed by atoms with Gasteiger partial charge in [-0.1, -0.05) is 6.07 Å². The molecule has 0 amide bonds. The van der Waals surface area contributed by atoms with Gasteiger partial charge < -0.3 is 10.6 Å². The lowest BCUT2D eigenvalue weighted by molar-refractivity contribution is -0.143. The molecule has 166 valence electrons. The molecule has 30 heavy (non-hydrogen) atoms. The Bertz CT molecular complexity index is 820. The summed E-state index contributed by atoms with van der Waals surface area (Å²) in [6, 6.07) is 3.81. The average molecular weight is 537 g/mol. The molecule has 7 nitrogen and oxygen atoms in total. The standard InChI is InChI=1S/C19H26F3N7.HI/c1-3-23-18(27-16-6-8-28(12-16)13-19(20,21)22)26-11-15-4-5-17(25-10-15)29-9-7-24-14(29)2;/h4-5,7,9-10,16H,3,6,8,11-13H2,1-2H3,(H2,23,26,27);1H. The van der Waals surface area contributed by atoms with Gasteiger partial charge in [0.2, 0.25) is 0 Å². The van der Waals surface area contributed by atoms with Crippen molar-refractivity contribution in [2.45, 2.75) is 39.0 Å². The summed E-state index contributed by atoms with van der Waals surface area (Å²) in [5.74, 6) is 2.24. The monoisotopic (exact) mass is 537 g/mol. The molecule has 1 aliphatic rings. The van der Waals surface area contributed by atoms with Crippen molar-refractivity contribution >= 4 is 29.9 Å². The van der Waals surface area contributed by atoms with Gasteiger partial charge in [-0.05, 0) is 31.9 Å². The van der Waals surface area contributed by atoms with Gasteiger partial charge in [-0.15, -0.1) is 24.0 Å². The normalized spacial score (nSPS) is 17.6. The highest BCUT2D eigenvalue weighted by atomic mass is 127. The summed E-state index contributed by atoms with van der Waals surface area (Å²) in [6.07, 6.45) is 1.83. The molecule has 1 aliphatic heterocycles. The number of imidazole rings is 1. The van der Waals surface area contributed by atoms with Gasteiger partial charge in [0.25, 0.3) is 0 Å². The first-order valence-electron chi connectivity index (χ1n) is 9.63. The summed E-state index contributed by atoms with van der Waals surface area (Å²) in [5, 5.41) is 6.39. The lowest BCUT2D eigenvalue weighted by Crippen LogP contribution is -2.45. The third-order valence-electron chi connectivity index (χ3n) is 4.66. The van der Waals surface area contributed by atoms with Crippen molar-refractivity contribution in [1.29, 1.82) is 0 Å². The molecular formula is C19H27F3IN7. The minimum atomic E-state index is -4.16. The van der Waals surface area contributed by atoms with E-state index in [0.717, 1.165) is 17.2 Å². The molecule has 1 fully saturated rings. The van der Waals surface area contributed by atoms with Crippen molar-refractivity contribution in [3.05, 3.63) is 42.1 Å². The molecule has 3 heterocycles. The van der Waals surface area contributed by atoms with Gasteiger partial charge in [0, 0.05) is 44.3 Å². The Morgan fingerprint density at radius 3 is 2.70 bits per heavy atom. The van der Waals surface area contributed by atoms with Gasteiger partial charge in [-0.3, -0.25) is 9.47 Å². The first kappa shape index (κ1) is 24.4. The van der Waals surface area contributed by atoms with Crippen molar-refractivity contribution in [2.75, 3.05) is 26.2 Å². The Balaban J connectivity index is 0.00000320. The zero-order valence-electron chi connectivity index (χ0n) is 17.0. The van der Waals surface area contributed by atoms with Crippen molar-refractivity contribution in [3.8, 4) is 5.82 Å². The van der Waals surface area contributed by atoms with E-state index in [1.165, 1.54) is 4.90 Å². The highest BCUT2D eigenvalue weighted by Gasteiger charge is 2.34. The molecule has 0 aromatic carbocycles. The zero-order valence-corrected chi connectivity index (χ0v) is 19.3. The summed E-state index contributed by atoms with van der Waals surface area (Å²) in [5.41, 5.74) is 0.939. The van der Waals surface area contributed by atoms with E-state index in [9.17, 15) is 13.2 Å². The minimum absolute atomic E-state index is 0. The lowest BCUT2D eigenvalue weighted by atomic mass is 10.2. The number of hydrogen-bond acceptors (Lipinski definition) is 4. The van der Waals surface area contributed by atoms with E-state index in [4.69, 9.17) is 0 Å². The zero-order chi connectivity index (χ0) is 20.9. The SMILES string of the molecule is CCNC(=NCc1ccc(-n2ccnc2C)nc1)NC1CCN(CC(F)(F)F)C1.I. The summed E-state index contributed by atoms with van der Waals surface area (Å²) in [4.78, 5) is 14.6. The van der Waals surface area contributed by atoms with Crippen molar-refractivity contribution in [2.24, 2.45) is 4.99 Å². The topological polar surface area (TPSA) is 70.4 Å². The van der Waals surface area contributed by atoms with Gasteiger partial charge in [-0.2, -0.15) is 13.2 Å². The Morgan fingerprint density at radius 2 is 2.10 bits per heavy atom. The largest absolute Gasteiger partial charge is 0.401 e. The van der Waals surface area contributed by atoms with E-state index in [2.05, 4.69) is 25.6 Å². The maximum Gasteiger partial charge on any atom is 0.401 e. The molecule has 0 bridgehead atoms. The molecule has 0 spiro atoms. The number of guanidine groups is 1. The number of rotatable bonds is 6.